The fraction of sp³-hybridized carbons (Fsp3) is 0.435. The Labute approximate surface area is 156 Å². The van der Waals surface area contributed by atoms with Gasteiger partial charge in [0.25, 0.3) is 0 Å². The number of piperidine rings is 1. The van der Waals surface area contributed by atoms with Crippen LogP contribution in [0, 0.1) is 11.8 Å². The minimum atomic E-state index is 0.169. The first-order valence-corrected chi connectivity index (χ1v) is 9.66. The summed E-state index contributed by atoms with van der Waals surface area (Å²) < 4.78 is 6.38. The maximum absolute atomic E-state index is 13.0. The molecule has 0 radical (unpaired) electrons. The molecule has 136 valence electrons. The number of benzene rings is 2. The Morgan fingerprint density at radius 1 is 1.08 bits per heavy atom. The molecule has 1 heterocycles. The van der Waals surface area contributed by atoms with E-state index in [0.717, 1.165) is 54.7 Å². The average Bonchev–Trinajstić information content (AvgIpc) is 2.99. The van der Waals surface area contributed by atoms with E-state index in [9.17, 15) is 4.79 Å². The summed E-state index contributed by atoms with van der Waals surface area (Å²) in [5.74, 6) is 1.81. The van der Waals surface area contributed by atoms with Crippen LogP contribution in [0.15, 0.2) is 48.5 Å². The van der Waals surface area contributed by atoms with Crippen LogP contribution in [0.1, 0.15) is 34.3 Å². The van der Waals surface area contributed by atoms with Gasteiger partial charge < -0.3 is 9.22 Å². The van der Waals surface area contributed by atoms with Crippen LogP contribution < -0.4 is 4.74 Å². The molecule has 1 aliphatic carbocycles. The Morgan fingerprint density at radius 3 is 2.50 bits per heavy atom. The van der Waals surface area contributed by atoms with Gasteiger partial charge in [0.2, 0.25) is 0 Å². The maximum atomic E-state index is 13.0. The molecule has 2 aliphatic rings. The molecule has 1 atom stereocenters. The molecule has 1 saturated heterocycles. The quantitative estimate of drug-likeness (QED) is 0.776. The smallest absolute Gasteiger partial charge is 0.166 e. The van der Waals surface area contributed by atoms with Gasteiger partial charge in [-0.15, -0.1) is 0 Å². The van der Waals surface area contributed by atoms with Gasteiger partial charge in [-0.3, -0.25) is 4.79 Å². The lowest BCUT2D eigenvalue weighted by Crippen LogP contribution is -2.50. The van der Waals surface area contributed by atoms with Crippen LogP contribution in [0.5, 0.6) is 5.75 Å². The molecule has 26 heavy (non-hydrogen) atoms. The van der Waals surface area contributed by atoms with Crippen molar-refractivity contribution >= 4 is 5.78 Å². The average molecular weight is 350 g/mol. The van der Waals surface area contributed by atoms with E-state index in [1.807, 2.05) is 12.1 Å². The number of carbonyl (C=O) groups is 1. The Bertz CT molecular complexity index is 791. The summed E-state index contributed by atoms with van der Waals surface area (Å²) in [6.07, 6.45) is 3.20. The topological polar surface area (TPSA) is 26.3 Å². The molecule has 2 aromatic rings. The number of fused-ring (bicyclic) bond motifs is 1. The first-order valence-electron chi connectivity index (χ1n) is 9.66. The zero-order valence-electron chi connectivity index (χ0n) is 15.8. The van der Waals surface area contributed by atoms with Crippen LogP contribution in [0.25, 0.3) is 0 Å². The summed E-state index contributed by atoms with van der Waals surface area (Å²) in [5, 5.41) is 0. The van der Waals surface area contributed by atoms with E-state index < -0.39 is 0 Å². The zero-order chi connectivity index (χ0) is 18.1. The fourth-order valence-electron chi connectivity index (χ4n) is 4.80. The largest absolute Gasteiger partial charge is 0.497 e. The van der Waals surface area contributed by atoms with Gasteiger partial charge >= 0.3 is 0 Å². The van der Waals surface area contributed by atoms with E-state index in [4.69, 9.17) is 4.74 Å². The highest BCUT2D eigenvalue weighted by atomic mass is 16.5. The third-order valence-corrected chi connectivity index (χ3v) is 6.41. The van der Waals surface area contributed by atoms with Gasteiger partial charge in [-0.25, -0.2) is 0 Å². The molecule has 1 fully saturated rings. The van der Waals surface area contributed by atoms with Crippen LogP contribution in [-0.2, 0) is 13.0 Å². The zero-order valence-corrected chi connectivity index (χ0v) is 15.8. The van der Waals surface area contributed by atoms with E-state index in [1.165, 1.54) is 11.1 Å². The van der Waals surface area contributed by atoms with Crippen molar-refractivity contribution in [2.45, 2.75) is 25.8 Å². The van der Waals surface area contributed by atoms with Crippen molar-refractivity contribution in [2.75, 3.05) is 27.2 Å². The van der Waals surface area contributed by atoms with Gasteiger partial charge in [0, 0.05) is 29.9 Å². The molecular weight excluding hydrogens is 322 g/mol. The molecule has 0 N–H and O–H groups in total. The Morgan fingerprint density at radius 2 is 1.81 bits per heavy atom. The van der Waals surface area contributed by atoms with Crippen molar-refractivity contribution in [1.29, 1.82) is 0 Å². The van der Waals surface area contributed by atoms with Crippen LogP contribution >= 0.6 is 0 Å². The maximum Gasteiger partial charge on any atom is 0.166 e. The second-order valence-corrected chi connectivity index (χ2v) is 8.25. The number of ether oxygens (including phenoxy) is 1. The highest BCUT2D eigenvalue weighted by Gasteiger charge is 2.40. The minimum absolute atomic E-state index is 0.169. The molecule has 3 heteroatoms. The molecule has 2 aromatic carbocycles. The number of rotatable bonds is 4. The Balaban J connectivity index is 1.42. The molecule has 0 amide bonds. The third-order valence-electron chi connectivity index (χ3n) is 6.41. The number of likely N-dealkylation sites (tertiary alicyclic amines) is 1. The normalized spacial score (nSPS) is 28.0. The number of ketones is 1. The summed E-state index contributed by atoms with van der Waals surface area (Å²) >= 11 is 0. The van der Waals surface area contributed by atoms with Crippen molar-refractivity contribution < 1.29 is 14.0 Å². The van der Waals surface area contributed by atoms with Gasteiger partial charge in [0.1, 0.15) is 12.3 Å². The second kappa shape index (κ2) is 6.88. The lowest BCUT2D eigenvalue weighted by molar-refractivity contribution is -0.928. The molecule has 4 rings (SSSR count). The summed E-state index contributed by atoms with van der Waals surface area (Å²) in [6, 6.07) is 16.7. The first-order chi connectivity index (χ1) is 12.6. The summed E-state index contributed by atoms with van der Waals surface area (Å²) in [4.78, 5) is 13.0. The van der Waals surface area contributed by atoms with Crippen LogP contribution in [0.2, 0.25) is 0 Å². The predicted molar refractivity (Wildman–Crippen MR) is 103 cm³/mol. The SMILES string of the molecule is COc1ccc2c(c1)C(=O)C(C1CC[N+](C)(Cc3ccccc3)CC1)C2. The number of methoxy groups -OCH3 is 1. The van der Waals surface area contributed by atoms with Gasteiger partial charge in [-0.1, -0.05) is 36.4 Å². The molecule has 3 nitrogen and oxygen atoms in total. The number of hydrogen-bond donors (Lipinski definition) is 0. The standard InChI is InChI=1S/C23H28NO2/c1-24(16-17-6-4-3-5-7-17)12-10-18(11-13-24)21-14-19-8-9-20(26-2)15-22(19)23(21)25/h3-9,15,18,21H,10-14,16H2,1-2H3/q+1. The van der Waals surface area contributed by atoms with Crippen molar-refractivity contribution in [3.8, 4) is 5.75 Å². The molecule has 0 saturated carbocycles. The van der Waals surface area contributed by atoms with Crippen molar-refractivity contribution in [3.05, 3.63) is 65.2 Å². The molecule has 1 aliphatic heterocycles. The lowest BCUT2D eigenvalue weighted by Gasteiger charge is -2.42. The summed E-state index contributed by atoms with van der Waals surface area (Å²) in [7, 11) is 4.02. The Kier molecular flexibility index (Phi) is 4.58. The summed E-state index contributed by atoms with van der Waals surface area (Å²) in [5.41, 5.74) is 3.50. The van der Waals surface area contributed by atoms with E-state index in [1.54, 1.807) is 7.11 Å². The van der Waals surface area contributed by atoms with E-state index in [0.29, 0.717) is 11.7 Å². The molecule has 1 unspecified atom stereocenters. The summed E-state index contributed by atoms with van der Waals surface area (Å²) in [6.45, 7) is 3.40. The van der Waals surface area contributed by atoms with Gasteiger partial charge in [-0.05, 0) is 30.0 Å². The van der Waals surface area contributed by atoms with Gasteiger partial charge in [-0.2, -0.15) is 0 Å². The van der Waals surface area contributed by atoms with Crippen molar-refractivity contribution in [1.82, 2.24) is 0 Å². The number of Topliss-reactive ketones (excluding diaryl/α,β-unsaturated/α-hetero) is 1. The van der Waals surface area contributed by atoms with Gasteiger partial charge in [0.15, 0.2) is 5.78 Å². The minimum Gasteiger partial charge on any atom is -0.497 e. The number of hydrogen-bond acceptors (Lipinski definition) is 2. The van der Waals surface area contributed by atoms with E-state index in [2.05, 4.69) is 43.4 Å². The molecular formula is C23H28NO2+. The van der Waals surface area contributed by atoms with Crippen LogP contribution in [0.3, 0.4) is 0 Å². The van der Waals surface area contributed by atoms with Crippen molar-refractivity contribution in [3.63, 3.8) is 0 Å². The monoisotopic (exact) mass is 350 g/mol. The number of nitrogens with zero attached hydrogens (tertiary/aromatic N) is 1. The molecule has 0 spiro atoms. The number of quaternary nitrogens is 1. The van der Waals surface area contributed by atoms with E-state index >= 15 is 0 Å². The van der Waals surface area contributed by atoms with Gasteiger partial charge in [0.05, 0.1) is 27.2 Å². The van der Waals surface area contributed by atoms with E-state index in [-0.39, 0.29) is 5.92 Å². The van der Waals surface area contributed by atoms with Crippen LogP contribution in [-0.4, -0.2) is 37.5 Å². The third kappa shape index (κ3) is 3.28. The molecule has 0 aromatic heterocycles. The van der Waals surface area contributed by atoms with Crippen molar-refractivity contribution in [2.24, 2.45) is 11.8 Å². The first kappa shape index (κ1) is 17.3. The lowest BCUT2D eigenvalue weighted by atomic mass is 9.81. The predicted octanol–water partition coefficient (Wildman–Crippen LogP) is 4.11. The second-order valence-electron chi connectivity index (χ2n) is 8.25. The number of carbonyl (C=O) groups excluding carboxylic acids is 1. The molecule has 0 bridgehead atoms. The highest BCUT2D eigenvalue weighted by molar-refractivity contribution is 6.02. The fourth-order valence-corrected chi connectivity index (χ4v) is 4.80. The highest BCUT2D eigenvalue weighted by Crippen LogP contribution is 2.39. The Hall–Kier alpha value is -2.13. The van der Waals surface area contributed by atoms with Crippen LogP contribution in [0.4, 0.5) is 0 Å².